The molecule has 1 aromatic rings. The minimum absolute atomic E-state index is 0.346. The molecule has 2 heterocycles. The molecule has 0 amide bonds. The van der Waals surface area contributed by atoms with Crippen LogP contribution in [0, 0.1) is 12.3 Å². The molecule has 0 unspecified atom stereocenters. The van der Waals surface area contributed by atoms with E-state index in [2.05, 4.69) is 28.7 Å². The van der Waals surface area contributed by atoms with Gasteiger partial charge in [-0.15, -0.1) is 0 Å². The molecule has 1 fully saturated rings. The highest BCUT2D eigenvalue weighted by Crippen LogP contribution is 2.31. The number of aromatic nitrogens is 2. The molecule has 1 aliphatic heterocycles. The van der Waals surface area contributed by atoms with Gasteiger partial charge in [0.15, 0.2) is 0 Å². The lowest BCUT2D eigenvalue weighted by molar-refractivity contribution is 0.292. The summed E-state index contributed by atoms with van der Waals surface area (Å²) in [5, 5.41) is 0.346. The average molecular weight is 240 g/mol. The summed E-state index contributed by atoms with van der Waals surface area (Å²) in [5.41, 5.74) is 1.29. The first-order valence-corrected chi connectivity index (χ1v) is 6.10. The monoisotopic (exact) mass is 239 g/mol. The lowest BCUT2D eigenvalue weighted by Gasteiger charge is -2.38. The minimum atomic E-state index is 0.346. The van der Waals surface area contributed by atoms with E-state index in [4.69, 9.17) is 11.6 Å². The largest absolute Gasteiger partial charge is 0.356 e. The van der Waals surface area contributed by atoms with Crippen LogP contribution in [0.1, 0.15) is 32.4 Å². The van der Waals surface area contributed by atoms with Gasteiger partial charge in [0.2, 0.25) is 5.28 Å². The number of halogens is 1. The van der Waals surface area contributed by atoms with Crippen molar-refractivity contribution >= 4 is 17.4 Å². The van der Waals surface area contributed by atoms with Gasteiger partial charge < -0.3 is 4.90 Å². The number of aryl methyl sites for hydroxylation is 1. The highest BCUT2D eigenvalue weighted by atomic mass is 35.5. The molecule has 3 nitrogen and oxygen atoms in total. The number of anilines is 1. The van der Waals surface area contributed by atoms with Crippen molar-refractivity contribution in [1.29, 1.82) is 0 Å². The second kappa shape index (κ2) is 4.21. The van der Waals surface area contributed by atoms with Crippen LogP contribution in [-0.4, -0.2) is 23.1 Å². The topological polar surface area (TPSA) is 29.0 Å². The number of hydrogen-bond acceptors (Lipinski definition) is 3. The van der Waals surface area contributed by atoms with Gasteiger partial charge in [0, 0.05) is 24.8 Å². The zero-order valence-corrected chi connectivity index (χ0v) is 10.9. The molecule has 0 aliphatic carbocycles. The SMILES string of the molecule is Cc1cc(N2CCCC(C)(C)C2)nc(Cl)n1. The van der Waals surface area contributed by atoms with Crippen molar-refractivity contribution in [2.75, 3.05) is 18.0 Å². The molecule has 1 aromatic heterocycles. The normalized spacial score (nSPS) is 19.9. The summed E-state index contributed by atoms with van der Waals surface area (Å²) in [7, 11) is 0. The Kier molecular flexibility index (Phi) is 3.06. The van der Waals surface area contributed by atoms with E-state index in [1.165, 1.54) is 12.8 Å². The van der Waals surface area contributed by atoms with Crippen LogP contribution in [0.15, 0.2) is 6.07 Å². The van der Waals surface area contributed by atoms with Crippen molar-refractivity contribution in [3.63, 3.8) is 0 Å². The maximum Gasteiger partial charge on any atom is 0.224 e. The van der Waals surface area contributed by atoms with Crippen molar-refractivity contribution in [2.45, 2.75) is 33.6 Å². The lowest BCUT2D eigenvalue weighted by atomic mass is 9.84. The average Bonchev–Trinajstić information content (AvgIpc) is 2.14. The first-order chi connectivity index (χ1) is 7.46. The van der Waals surface area contributed by atoms with Crippen LogP contribution in [0.25, 0.3) is 0 Å². The molecule has 88 valence electrons. The standard InChI is InChI=1S/C12H18ClN3/c1-9-7-10(15-11(13)14-9)16-6-4-5-12(2,3)8-16/h7H,4-6,8H2,1-3H3. The van der Waals surface area contributed by atoms with Crippen molar-refractivity contribution in [1.82, 2.24) is 9.97 Å². The maximum atomic E-state index is 5.89. The third-order valence-electron chi connectivity index (χ3n) is 3.04. The molecule has 0 atom stereocenters. The molecule has 4 heteroatoms. The highest BCUT2D eigenvalue weighted by molar-refractivity contribution is 6.28. The molecule has 16 heavy (non-hydrogen) atoms. The molecular weight excluding hydrogens is 222 g/mol. The molecule has 0 saturated carbocycles. The fraction of sp³-hybridized carbons (Fsp3) is 0.667. The van der Waals surface area contributed by atoms with Gasteiger partial charge in [-0.05, 0) is 36.8 Å². The first-order valence-electron chi connectivity index (χ1n) is 5.72. The highest BCUT2D eigenvalue weighted by Gasteiger charge is 2.27. The molecule has 0 N–H and O–H groups in total. The number of piperidine rings is 1. The molecule has 1 aliphatic rings. The van der Waals surface area contributed by atoms with Crippen molar-refractivity contribution in [2.24, 2.45) is 5.41 Å². The Bertz CT molecular complexity index is 370. The Balaban J connectivity index is 2.23. The van der Waals surface area contributed by atoms with Crippen LogP contribution in [0.4, 0.5) is 5.82 Å². The van der Waals surface area contributed by atoms with E-state index in [9.17, 15) is 0 Å². The Morgan fingerprint density at radius 2 is 2.12 bits per heavy atom. The quantitative estimate of drug-likeness (QED) is 0.706. The minimum Gasteiger partial charge on any atom is -0.356 e. The zero-order chi connectivity index (χ0) is 11.8. The first kappa shape index (κ1) is 11.6. The predicted octanol–water partition coefficient (Wildman–Crippen LogP) is 3.06. The maximum absolute atomic E-state index is 5.89. The van der Waals surface area contributed by atoms with E-state index in [1.807, 2.05) is 13.0 Å². The fourth-order valence-corrected chi connectivity index (χ4v) is 2.52. The second-order valence-electron chi connectivity index (χ2n) is 5.33. The van der Waals surface area contributed by atoms with E-state index in [-0.39, 0.29) is 0 Å². The Hall–Kier alpha value is -0.830. The third kappa shape index (κ3) is 2.64. The number of nitrogens with zero attached hydrogens (tertiary/aromatic N) is 3. The second-order valence-corrected chi connectivity index (χ2v) is 5.66. The summed E-state index contributed by atoms with van der Waals surface area (Å²) in [6, 6.07) is 2.01. The fourth-order valence-electron chi connectivity index (χ4n) is 2.30. The lowest BCUT2D eigenvalue weighted by Crippen LogP contribution is -2.40. The van der Waals surface area contributed by atoms with Crippen LogP contribution in [0.2, 0.25) is 5.28 Å². The van der Waals surface area contributed by atoms with E-state index in [0.29, 0.717) is 10.7 Å². The van der Waals surface area contributed by atoms with Gasteiger partial charge in [-0.2, -0.15) is 0 Å². The van der Waals surface area contributed by atoms with E-state index < -0.39 is 0 Å². The molecule has 0 bridgehead atoms. The molecule has 1 saturated heterocycles. The summed E-state index contributed by atoms with van der Waals surface area (Å²) in [6.07, 6.45) is 2.50. The summed E-state index contributed by atoms with van der Waals surface area (Å²) >= 11 is 5.89. The van der Waals surface area contributed by atoms with E-state index in [1.54, 1.807) is 0 Å². The van der Waals surface area contributed by atoms with Gasteiger partial charge in [-0.25, -0.2) is 9.97 Å². The number of hydrogen-bond donors (Lipinski definition) is 0. The van der Waals surface area contributed by atoms with E-state index >= 15 is 0 Å². The summed E-state index contributed by atoms with van der Waals surface area (Å²) in [6.45, 7) is 8.66. The van der Waals surface area contributed by atoms with Crippen LogP contribution in [0.3, 0.4) is 0 Å². The van der Waals surface area contributed by atoms with Crippen LogP contribution < -0.4 is 4.90 Å². The zero-order valence-electron chi connectivity index (χ0n) is 10.1. The van der Waals surface area contributed by atoms with Gasteiger partial charge in [0.25, 0.3) is 0 Å². The molecule has 0 spiro atoms. The van der Waals surface area contributed by atoms with Gasteiger partial charge in [0.05, 0.1) is 0 Å². The molecule has 2 rings (SSSR count). The van der Waals surface area contributed by atoms with E-state index in [0.717, 1.165) is 24.6 Å². The predicted molar refractivity (Wildman–Crippen MR) is 67.0 cm³/mol. The van der Waals surface area contributed by atoms with Crippen molar-refractivity contribution < 1.29 is 0 Å². The summed E-state index contributed by atoms with van der Waals surface area (Å²) in [5.74, 6) is 0.963. The van der Waals surface area contributed by atoms with Gasteiger partial charge >= 0.3 is 0 Å². The Morgan fingerprint density at radius 1 is 1.38 bits per heavy atom. The summed E-state index contributed by atoms with van der Waals surface area (Å²) in [4.78, 5) is 10.7. The van der Waals surface area contributed by atoms with Crippen molar-refractivity contribution in [3.05, 3.63) is 17.0 Å². The third-order valence-corrected chi connectivity index (χ3v) is 3.21. The van der Waals surface area contributed by atoms with Gasteiger partial charge in [0.1, 0.15) is 5.82 Å². The smallest absolute Gasteiger partial charge is 0.224 e. The van der Waals surface area contributed by atoms with Crippen LogP contribution in [-0.2, 0) is 0 Å². The molecular formula is C12H18ClN3. The van der Waals surface area contributed by atoms with Crippen molar-refractivity contribution in [3.8, 4) is 0 Å². The Labute approximate surface area is 102 Å². The van der Waals surface area contributed by atoms with Crippen LogP contribution in [0.5, 0.6) is 0 Å². The van der Waals surface area contributed by atoms with Gasteiger partial charge in [-0.3, -0.25) is 0 Å². The van der Waals surface area contributed by atoms with Crippen LogP contribution >= 0.6 is 11.6 Å². The van der Waals surface area contributed by atoms with Gasteiger partial charge in [-0.1, -0.05) is 13.8 Å². The number of rotatable bonds is 1. The summed E-state index contributed by atoms with van der Waals surface area (Å²) < 4.78 is 0. The molecule has 0 aromatic carbocycles. The molecule has 0 radical (unpaired) electrons. The Morgan fingerprint density at radius 3 is 2.75 bits per heavy atom.